The summed E-state index contributed by atoms with van der Waals surface area (Å²) in [4.78, 5) is 32.0. The first kappa shape index (κ1) is 24.5. The van der Waals surface area contributed by atoms with Crippen molar-refractivity contribution in [2.24, 2.45) is 0 Å². The van der Waals surface area contributed by atoms with E-state index in [-0.39, 0.29) is 11.8 Å². The lowest BCUT2D eigenvalue weighted by Gasteiger charge is -2.45. The molecule has 1 fully saturated rings. The second kappa shape index (κ2) is 11.7. The van der Waals surface area contributed by atoms with E-state index in [9.17, 15) is 9.59 Å². The van der Waals surface area contributed by atoms with Gasteiger partial charge in [0, 0.05) is 19.5 Å². The number of nitrogens with zero attached hydrogens (tertiary/aromatic N) is 2. The Bertz CT molecular complexity index is 1290. The predicted octanol–water partition coefficient (Wildman–Crippen LogP) is 6.31. The summed E-state index contributed by atoms with van der Waals surface area (Å²) >= 11 is 0. The summed E-state index contributed by atoms with van der Waals surface area (Å²) in [7, 11) is 0. The molecule has 0 aromatic heterocycles. The van der Waals surface area contributed by atoms with Crippen LogP contribution in [0.1, 0.15) is 28.7 Å². The lowest BCUT2D eigenvalue weighted by atomic mass is 9.89. The molecular weight excluding hydrogens is 456 g/mol. The Morgan fingerprint density at radius 2 is 0.892 bits per heavy atom. The van der Waals surface area contributed by atoms with Crippen LogP contribution in [0.25, 0.3) is 0 Å². The Morgan fingerprint density at radius 3 is 1.38 bits per heavy atom. The number of carbonyl (C=O) groups excluding carboxylic acids is 2. The van der Waals surface area contributed by atoms with Crippen LogP contribution in [0.3, 0.4) is 0 Å². The van der Waals surface area contributed by atoms with Crippen molar-refractivity contribution < 1.29 is 9.59 Å². The summed E-state index contributed by atoms with van der Waals surface area (Å²) in [5.41, 5.74) is 4.28. The number of hydrogen-bond donors (Lipinski definition) is 0. The van der Waals surface area contributed by atoms with Gasteiger partial charge in [0.2, 0.25) is 0 Å². The molecule has 1 aliphatic rings. The molecule has 2 atom stereocenters. The van der Waals surface area contributed by atoms with Crippen LogP contribution in [-0.2, 0) is 30.7 Å². The highest BCUT2D eigenvalue weighted by Gasteiger charge is 2.45. The molecule has 4 heteroatoms. The molecular formula is C33H32N2O2. The number of rotatable bonds is 9. The van der Waals surface area contributed by atoms with Gasteiger partial charge in [-0.3, -0.25) is 4.79 Å². The standard InChI is InChI=1S/C33H32N2O2/c36-32-30(22-21-26-13-5-1-6-14-26)34(24-28-17-9-3-10-18-28)33(37)35(25-29-19-11-4-12-20-29)31(32)23-27-15-7-2-8-16-27/h1-20,30-31H,21-25H2/t30-,31-/m1/s1. The first-order chi connectivity index (χ1) is 18.2. The summed E-state index contributed by atoms with van der Waals surface area (Å²) in [6, 6.07) is 39.1. The molecule has 37 heavy (non-hydrogen) atoms. The highest BCUT2D eigenvalue weighted by atomic mass is 16.2. The van der Waals surface area contributed by atoms with Crippen LogP contribution in [-0.4, -0.2) is 33.7 Å². The van der Waals surface area contributed by atoms with Gasteiger partial charge in [-0.15, -0.1) is 0 Å². The normalized spacial score (nSPS) is 17.7. The van der Waals surface area contributed by atoms with E-state index in [0.717, 1.165) is 23.1 Å². The molecule has 0 bridgehead atoms. The fourth-order valence-electron chi connectivity index (χ4n) is 5.17. The van der Waals surface area contributed by atoms with E-state index in [1.807, 2.05) is 109 Å². The number of urea groups is 1. The van der Waals surface area contributed by atoms with Gasteiger partial charge in [0.25, 0.3) is 0 Å². The Morgan fingerprint density at radius 1 is 0.486 bits per heavy atom. The maximum Gasteiger partial charge on any atom is 0.321 e. The first-order valence-corrected chi connectivity index (χ1v) is 13.0. The Balaban J connectivity index is 1.49. The zero-order valence-electron chi connectivity index (χ0n) is 20.9. The maximum absolute atomic E-state index is 14.3. The van der Waals surface area contributed by atoms with Gasteiger partial charge in [-0.1, -0.05) is 121 Å². The Kier molecular flexibility index (Phi) is 7.75. The van der Waals surface area contributed by atoms with Gasteiger partial charge in [0.05, 0.1) is 12.1 Å². The van der Waals surface area contributed by atoms with Crippen LogP contribution in [0.2, 0.25) is 0 Å². The zero-order valence-corrected chi connectivity index (χ0v) is 20.9. The largest absolute Gasteiger partial charge is 0.321 e. The average Bonchev–Trinajstić information content (AvgIpc) is 2.95. The molecule has 0 N–H and O–H groups in total. The smallest absolute Gasteiger partial charge is 0.310 e. The summed E-state index contributed by atoms with van der Waals surface area (Å²) in [6.45, 7) is 0.813. The van der Waals surface area contributed by atoms with Crippen LogP contribution in [0.4, 0.5) is 4.79 Å². The van der Waals surface area contributed by atoms with Crippen molar-refractivity contribution in [1.29, 1.82) is 0 Å². The predicted molar refractivity (Wildman–Crippen MR) is 147 cm³/mol. The van der Waals surface area contributed by atoms with Crippen molar-refractivity contribution >= 4 is 11.8 Å². The number of aryl methyl sites for hydroxylation is 1. The third-order valence-electron chi connectivity index (χ3n) is 7.11. The monoisotopic (exact) mass is 488 g/mol. The molecule has 1 saturated heterocycles. The highest BCUT2D eigenvalue weighted by Crippen LogP contribution is 2.28. The molecule has 0 radical (unpaired) electrons. The Hall–Kier alpha value is -4.18. The zero-order chi connectivity index (χ0) is 25.5. The molecule has 4 aromatic rings. The van der Waals surface area contributed by atoms with Gasteiger partial charge >= 0.3 is 6.03 Å². The summed E-state index contributed by atoms with van der Waals surface area (Å²) in [5.74, 6) is 0.117. The van der Waals surface area contributed by atoms with Crippen LogP contribution in [0, 0.1) is 0 Å². The lowest BCUT2D eigenvalue weighted by Crippen LogP contribution is -2.64. The number of benzene rings is 4. The molecule has 1 heterocycles. The van der Waals surface area contributed by atoms with Gasteiger partial charge in [0.1, 0.15) is 0 Å². The van der Waals surface area contributed by atoms with Gasteiger partial charge in [-0.25, -0.2) is 4.79 Å². The second-order valence-electron chi connectivity index (χ2n) is 9.66. The van der Waals surface area contributed by atoms with Crippen LogP contribution in [0.15, 0.2) is 121 Å². The third kappa shape index (κ3) is 5.97. The first-order valence-electron chi connectivity index (χ1n) is 13.0. The van der Waals surface area contributed by atoms with Crippen molar-refractivity contribution in [3.8, 4) is 0 Å². The second-order valence-corrected chi connectivity index (χ2v) is 9.66. The van der Waals surface area contributed by atoms with Gasteiger partial charge in [0.15, 0.2) is 5.78 Å². The number of amides is 2. The third-order valence-corrected chi connectivity index (χ3v) is 7.11. The van der Waals surface area contributed by atoms with Crippen molar-refractivity contribution in [3.63, 3.8) is 0 Å². The molecule has 1 aliphatic heterocycles. The SMILES string of the molecule is O=C1[C@@H](CCc2ccccc2)N(Cc2ccccc2)C(=O)N(Cc2ccccc2)[C@@H]1Cc1ccccc1. The topological polar surface area (TPSA) is 40.6 Å². The Labute approximate surface area is 219 Å². The molecule has 0 saturated carbocycles. The minimum Gasteiger partial charge on any atom is -0.310 e. The molecule has 186 valence electrons. The van der Waals surface area contributed by atoms with Crippen molar-refractivity contribution in [2.75, 3.05) is 0 Å². The number of ketones is 1. The van der Waals surface area contributed by atoms with Crippen LogP contribution in [0.5, 0.6) is 0 Å². The van der Waals surface area contributed by atoms with Crippen molar-refractivity contribution in [3.05, 3.63) is 144 Å². The summed E-state index contributed by atoms with van der Waals surface area (Å²) in [5, 5.41) is 0. The van der Waals surface area contributed by atoms with Crippen molar-refractivity contribution in [1.82, 2.24) is 9.80 Å². The van der Waals surface area contributed by atoms with E-state index in [2.05, 4.69) is 12.1 Å². The maximum atomic E-state index is 14.3. The molecule has 0 aliphatic carbocycles. The minimum atomic E-state index is -0.511. The number of carbonyl (C=O) groups is 2. The number of Topliss-reactive ketones (excluding diaryl/α,β-unsaturated/α-hetero) is 1. The quantitative estimate of drug-likeness (QED) is 0.277. The average molecular weight is 489 g/mol. The summed E-state index contributed by atoms with van der Waals surface area (Å²) < 4.78 is 0. The van der Waals surface area contributed by atoms with E-state index in [1.54, 1.807) is 9.80 Å². The van der Waals surface area contributed by atoms with Gasteiger partial charge in [-0.05, 0) is 35.1 Å². The molecule has 0 unspecified atom stereocenters. The van der Waals surface area contributed by atoms with Gasteiger partial charge < -0.3 is 9.80 Å². The highest BCUT2D eigenvalue weighted by molar-refractivity contribution is 5.98. The van der Waals surface area contributed by atoms with E-state index in [1.165, 1.54) is 5.56 Å². The van der Waals surface area contributed by atoms with Gasteiger partial charge in [-0.2, -0.15) is 0 Å². The molecule has 0 spiro atoms. The van der Waals surface area contributed by atoms with Crippen LogP contribution < -0.4 is 0 Å². The molecule has 4 nitrogen and oxygen atoms in total. The van der Waals surface area contributed by atoms with E-state index in [4.69, 9.17) is 0 Å². The summed E-state index contributed by atoms with van der Waals surface area (Å²) in [6.07, 6.45) is 1.86. The molecule has 4 aromatic carbocycles. The van der Waals surface area contributed by atoms with Crippen LogP contribution >= 0.6 is 0 Å². The number of hydrogen-bond acceptors (Lipinski definition) is 2. The van der Waals surface area contributed by atoms with E-state index in [0.29, 0.717) is 25.9 Å². The molecule has 5 rings (SSSR count). The fraction of sp³-hybridized carbons (Fsp3) is 0.212. The van der Waals surface area contributed by atoms with E-state index >= 15 is 0 Å². The lowest BCUT2D eigenvalue weighted by molar-refractivity contribution is -0.132. The minimum absolute atomic E-state index is 0.0775. The fourth-order valence-corrected chi connectivity index (χ4v) is 5.17. The van der Waals surface area contributed by atoms with Crippen molar-refractivity contribution in [2.45, 2.75) is 44.4 Å². The van der Waals surface area contributed by atoms with E-state index < -0.39 is 12.1 Å². The molecule has 2 amide bonds.